The van der Waals surface area contributed by atoms with E-state index < -0.39 is 0 Å². The third kappa shape index (κ3) is 4.35. The van der Waals surface area contributed by atoms with Crippen LogP contribution in [0.4, 0.5) is 5.69 Å². The number of nitrogens with zero attached hydrogens (tertiary/aromatic N) is 5. The van der Waals surface area contributed by atoms with Crippen molar-refractivity contribution in [2.24, 2.45) is 0 Å². The Morgan fingerprint density at radius 2 is 1.84 bits per heavy atom. The number of nitriles is 1. The highest BCUT2D eigenvalue weighted by Gasteiger charge is 2.27. The Morgan fingerprint density at radius 1 is 1.13 bits per heavy atom. The first-order valence-electron chi connectivity index (χ1n) is 10.4. The number of carbonyl (C=O) groups excluding carboxylic acids is 1. The molecule has 0 radical (unpaired) electrons. The van der Waals surface area contributed by atoms with Crippen molar-refractivity contribution in [1.29, 1.82) is 5.26 Å². The summed E-state index contributed by atoms with van der Waals surface area (Å²) in [4.78, 5) is 20.8. The average molecular weight is 415 g/mol. The van der Waals surface area contributed by atoms with Crippen LogP contribution in [-0.4, -0.2) is 47.0 Å². The van der Waals surface area contributed by atoms with Gasteiger partial charge < -0.3 is 9.42 Å². The van der Waals surface area contributed by atoms with Crippen LogP contribution in [0.5, 0.6) is 0 Å². The van der Waals surface area contributed by atoms with E-state index in [0.29, 0.717) is 22.8 Å². The van der Waals surface area contributed by atoms with Crippen LogP contribution in [0.2, 0.25) is 0 Å². The molecule has 4 rings (SSSR count). The van der Waals surface area contributed by atoms with Gasteiger partial charge in [-0.2, -0.15) is 10.2 Å². The summed E-state index contributed by atoms with van der Waals surface area (Å²) in [5, 5.41) is 13.6. The average Bonchev–Trinajstić information content (AvgIpc) is 3.29. The minimum Gasteiger partial charge on any atom is -0.368 e. The van der Waals surface area contributed by atoms with E-state index in [2.05, 4.69) is 32.9 Å². The van der Waals surface area contributed by atoms with Crippen LogP contribution in [0.3, 0.4) is 0 Å². The lowest BCUT2D eigenvalue weighted by Crippen LogP contribution is -2.47. The largest absolute Gasteiger partial charge is 0.368 e. The number of hydrogen-bond acceptors (Lipinski definition) is 7. The topological polar surface area (TPSA) is 86.3 Å². The summed E-state index contributed by atoms with van der Waals surface area (Å²) >= 11 is 0. The van der Waals surface area contributed by atoms with Gasteiger partial charge in [0.1, 0.15) is 6.07 Å². The third-order valence-electron chi connectivity index (χ3n) is 5.84. The summed E-state index contributed by atoms with van der Waals surface area (Å²) in [6, 6.07) is 15.6. The molecular formula is C24H25N5O2. The molecule has 0 saturated carbocycles. The van der Waals surface area contributed by atoms with Gasteiger partial charge in [-0.25, -0.2) is 0 Å². The minimum atomic E-state index is -0.00663. The van der Waals surface area contributed by atoms with Crippen molar-refractivity contribution in [3.8, 4) is 17.5 Å². The number of Topliss-reactive ketones (excluding diaryl/α,β-unsaturated/α-hetero) is 1. The smallest absolute Gasteiger partial charge is 0.244 e. The minimum absolute atomic E-state index is 0.00114. The van der Waals surface area contributed by atoms with Crippen molar-refractivity contribution in [3.05, 3.63) is 65.0 Å². The number of aromatic nitrogens is 2. The predicted molar refractivity (Wildman–Crippen MR) is 118 cm³/mol. The fraction of sp³-hybridized carbons (Fsp3) is 0.333. The lowest BCUT2D eigenvalue weighted by Gasteiger charge is -2.38. The number of piperazine rings is 1. The SMILES string of the molecule is CC(=O)c1ccc(C#N)c(N2CCN(C(C)c3nc(-c4ccc(C)cc4)no3)CC2)c1. The molecule has 1 aliphatic rings. The normalized spacial score (nSPS) is 15.5. The molecule has 1 atom stereocenters. The quantitative estimate of drug-likeness (QED) is 0.582. The summed E-state index contributed by atoms with van der Waals surface area (Å²) in [6.45, 7) is 8.73. The summed E-state index contributed by atoms with van der Waals surface area (Å²) < 4.78 is 5.56. The zero-order chi connectivity index (χ0) is 22.0. The van der Waals surface area contributed by atoms with Gasteiger partial charge in [-0.05, 0) is 39.0 Å². The number of hydrogen-bond donors (Lipinski definition) is 0. The lowest BCUT2D eigenvalue weighted by atomic mass is 10.1. The van der Waals surface area contributed by atoms with E-state index in [1.165, 1.54) is 5.56 Å². The van der Waals surface area contributed by atoms with E-state index in [0.717, 1.165) is 37.4 Å². The van der Waals surface area contributed by atoms with Crippen LogP contribution in [0.25, 0.3) is 11.4 Å². The first kappa shape index (κ1) is 20.8. The van der Waals surface area contributed by atoms with Gasteiger partial charge in [0, 0.05) is 37.3 Å². The zero-order valence-electron chi connectivity index (χ0n) is 18.0. The fourth-order valence-electron chi connectivity index (χ4n) is 3.84. The van der Waals surface area contributed by atoms with Gasteiger partial charge >= 0.3 is 0 Å². The molecule has 2 aromatic carbocycles. The van der Waals surface area contributed by atoms with Crippen LogP contribution in [0.15, 0.2) is 47.0 Å². The van der Waals surface area contributed by atoms with Crippen molar-refractivity contribution in [1.82, 2.24) is 15.0 Å². The maximum absolute atomic E-state index is 11.8. The summed E-state index contributed by atoms with van der Waals surface area (Å²) in [7, 11) is 0. The second kappa shape index (κ2) is 8.70. The maximum Gasteiger partial charge on any atom is 0.244 e. The molecule has 2 heterocycles. The molecular weight excluding hydrogens is 390 g/mol. The number of benzene rings is 2. The lowest BCUT2D eigenvalue weighted by molar-refractivity contribution is 0.101. The molecule has 0 N–H and O–H groups in total. The Bertz CT molecular complexity index is 1120. The van der Waals surface area contributed by atoms with Gasteiger partial charge in [-0.15, -0.1) is 0 Å². The Labute approximate surface area is 181 Å². The first-order chi connectivity index (χ1) is 15.0. The van der Waals surface area contributed by atoms with Crippen LogP contribution in [0.1, 0.15) is 47.3 Å². The molecule has 1 saturated heterocycles. The summed E-state index contributed by atoms with van der Waals surface area (Å²) in [5.74, 6) is 1.19. The van der Waals surface area contributed by atoms with Crippen molar-refractivity contribution < 1.29 is 9.32 Å². The number of ketones is 1. The Kier molecular flexibility index (Phi) is 5.83. The number of carbonyl (C=O) groups is 1. The molecule has 7 nitrogen and oxygen atoms in total. The van der Waals surface area contributed by atoms with E-state index in [1.54, 1.807) is 19.1 Å². The molecule has 0 amide bonds. The Hall–Kier alpha value is -3.50. The monoisotopic (exact) mass is 415 g/mol. The number of rotatable bonds is 5. The maximum atomic E-state index is 11.8. The highest BCUT2D eigenvalue weighted by Crippen LogP contribution is 2.27. The Morgan fingerprint density at radius 3 is 2.48 bits per heavy atom. The van der Waals surface area contributed by atoms with Gasteiger partial charge in [0.15, 0.2) is 5.78 Å². The van der Waals surface area contributed by atoms with E-state index in [4.69, 9.17) is 4.52 Å². The molecule has 1 aromatic heterocycles. The molecule has 7 heteroatoms. The van der Waals surface area contributed by atoms with Gasteiger partial charge in [0.05, 0.1) is 17.3 Å². The third-order valence-corrected chi connectivity index (χ3v) is 5.84. The van der Waals surface area contributed by atoms with Crippen LogP contribution >= 0.6 is 0 Å². The van der Waals surface area contributed by atoms with Crippen LogP contribution < -0.4 is 4.90 Å². The molecule has 3 aromatic rings. The van der Waals surface area contributed by atoms with Crippen LogP contribution in [0, 0.1) is 18.3 Å². The number of aryl methyl sites for hydroxylation is 1. The fourth-order valence-corrected chi connectivity index (χ4v) is 3.84. The van der Waals surface area contributed by atoms with Crippen molar-refractivity contribution in [2.75, 3.05) is 31.1 Å². The second-order valence-electron chi connectivity index (χ2n) is 7.92. The molecule has 31 heavy (non-hydrogen) atoms. The summed E-state index contributed by atoms with van der Waals surface area (Å²) in [6.07, 6.45) is 0. The van der Waals surface area contributed by atoms with E-state index >= 15 is 0 Å². The van der Waals surface area contributed by atoms with Crippen molar-refractivity contribution in [3.63, 3.8) is 0 Å². The summed E-state index contributed by atoms with van der Waals surface area (Å²) in [5.41, 5.74) is 4.16. The number of anilines is 1. The molecule has 0 aliphatic carbocycles. The van der Waals surface area contributed by atoms with E-state index in [-0.39, 0.29) is 11.8 Å². The zero-order valence-corrected chi connectivity index (χ0v) is 18.0. The van der Waals surface area contributed by atoms with Crippen molar-refractivity contribution in [2.45, 2.75) is 26.8 Å². The van der Waals surface area contributed by atoms with E-state index in [1.807, 2.05) is 37.3 Å². The van der Waals surface area contributed by atoms with Gasteiger partial charge in [-0.1, -0.05) is 35.0 Å². The Balaban J connectivity index is 1.45. The molecule has 0 bridgehead atoms. The molecule has 158 valence electrons. The second-order valence-corrected chi connectivity index (χ2v) is 7.92. The standard InChI is InChI=1S/C24H25N5O2/c1-16-4-6-19(7-5-16)23-26-24(31-27-23)17(2)28-10-12-29(13-11-28)22-14-20(18(3)30)8-9-21(22)15-25/h4-9,14,17H,10-13H2,1-3H3. The predicted octanol–water partition coefficient (Wildman–Crippen LogP) is 4.00. The first-order valence-corrected chi connectivity index (χ1v) is 10.4. The van der Waals surface area contributed by atoms with Crippen LogP contribution in [-0.2, 0) is 0 Å². The molecule has 1 fully saturated rings. The van der Waals surface area contributed by atoms with E-state index in [9.17, 15) is 10.1 Å². The molecule has 1 unspecified atom stereocenters. The highest BCUT2D eigenvalue weighted by atomic mass is 16.5. The van der Waals surface area contributed by atoms with Gasteiger partial charge in [-0.3, -0.25) is 9.69 Å². The van der Waals surface area contributed by atoms with Gasteiger partial charge in [0.25, 0.3) is 0 Å². The van der Waals surface area contributed by atoms with Crippen molar-refractivity contribution >= 4 is 11.5 Å². The molecule has 1 aliphatic heterocycles. The van der Waals surface area contributed by atoms with Gasteiger partial charge in [0.2, 0.25) is 11.7 Å². The highest BCUT2D eigenvalue weighted by molar-refractivity contribution is 5.95. The molecule has 0 spiro atoms.